The molecular formula is C11H10Cl2N4O. The number of rotatable bonds is 3. The average Bonchev–Trinajstić information content (AvgIpc) is 2.81. The number of aromatic nitrogens is 3. The minimum absolute atomic E-state index is 0.159. The van der Waals surface area contributed by atoms with Crippen LogP contribution in [0.15, 0.2) is 24.5 Å². The van der Waals surface area contributed by atoms with Crippen LogP contribution in [0.4, 0.5) is 0 Å². The summed E-state index contributed by atoms with van der Waals surface area (Å²) in [4.78, 5) is 15.5. The van der Waals surface area contributed by atoms with Gasteiger partial charge in [-0.3, -0.25) is 9.89 Å². The van der Waals surface area contributed by atoms with Crippen LogP contribution in [0, 0.1) is 0 Å². The molecule has 0 aliphatic heterocycles. The van der Waals surface area contributed by atoms with Gasteiger partial charge in [0.25, 0.3) is 5.91 Å². The fraction of sp³-hybridized carbons (Fsp3) is 0.182. The normalized spacial score (nSPS) is 12.2. The van der Waals surface area contributed by atoms with Gasteiger partial charge < -0.3 is 5.32 Å². The van der Waals surface area contributed by atoms with E-state index in [4.69, 9.17) is 23.2 Å². The lowest BCUT2D eigenvalue weighted by Crippen LogP contribution is -2.27. The summed E-state index contributed by atoms with van der Waals surface area (Å²) < 4.78 is 0. The number of H-pyrrole nitrogens is 1. The van der Waals surface area contributed by atoms with Gasteiger partial charge in [0.05, 0.1) is 6.04 Å². The van der Waals surface area contributed by atoms with E-state index < -0.39 is 0 Å². The number of carbonyl (C=O) groups is 1. The Morgan fingerprint density at radius 2 is 2.22 bits per heavy atom. The van der Waals surface area contributed by atoms with Crippen LogP contribution in [-0.2, 0) is 0 Å². The molecule has 0 saturated carbocycles. The van der Waals surface area contributed by atoms with Gasteiger partial charge in [0.2, 0.25) is 5.82 Å². The van der Waals surface area contributed by atoms with Crippen molar-refractivity contribution in [1.82, 2.24) is 20.5 Å². The molecule has 2 rings (SSSR count). The predicted molar refractivity (Wildman–Crippen MR) is 68.7 cm³/mol. The van der Waals surface area contributed by atoms with Crippen molar-refractivity contribution in [2.75, 3.05) is 0 Å². The molecule has 94 valence electrons. The van der Waals surface area contributed by atoms with Crippen LogP contribution in [0.2, 0.25) is 10.0 Å². The van der Waals surface area contributed by atoms with Crippen molar-refractivity contribution in [3.05, 3.63) is 46.0 Å². The molecule has 0 spiro atoms. The first-order chi connectivity index (χ1) is 8.58. The summed E-state index contributed by atoms with van der Waals surface area (Å²) in [6, 6.07) is 4.87. The maximum absolute atomic E-state index is 11.8. The molecule has 0 bridgehead atoms. The molecule has 0 saturated heterocycles. The fourth-order valence-electron chi connectivity index (χ4n) is 1.51. The third-order valence-corrected chi connectivity index (χ3v) is 2.97. The Bertz CT molecular complexity index is 556. The molecule has 7 heteroatoms. The van der Waals surface area contributed by atoms with E-state index in [0.29, 0.717) is 10.0 Å². The summed E-state index contributed by atoms with van der Waals surface area (Å²) in [6.07, 6.45) is 1.27. The van der Waals surface area contributed by atoms with Gasteiger partial charge >= 0.3 is 0 Å². The summed E-state index contributed by atoms with van der Waals surface area (Å²) in [7, 11) is 0. The molecule has 1 unspecified atom stereocenters. The van der Waals surface area contributed by atoms with E-state index in [2.05, 4.69) is 20.5 Å². The van der Waals surface area contributed by atoms with Crippen molar-refractivity contribution in [3.8, 4) is 0 Å². The zero-order chi connectivity index (χ0) is 13.1. The van der Waals surface area contributed by atoms with Crippen molar-refractivity contribution in [3.63, 3.8) is 0 Å². The molecule has 1 amide bonds. The molecule has 1 heterocycles. The average molecular weight is 285 g/mol. The summed E-state index contributed by atoms with van der Waals surface area (Å²) in [5, 5.41) is 9.92. The van der Waals surface area contributed by atoms with Crippen LogP contribution < -0.4 is 5.32 Å². The second kappa shape index (κ2) is 5.37. The standard InChI is InChI=1S/C11H10Cl2N4O/c1-6(8-3-2-7(12)4-9(8)13)16-11(18)10-14-5-15-17-10/h2-6H,1H3,(H,16,18)(H,14,15,17). The van der Waals surface area contributed by atoms with E-state index in [1.807, 2.05) is 6.92 Å². The number of nitrogens with zero attached hydrogens (tertiary/aromatic N) is 2. The second-order valence-electron chi connectivity index (χ2n) is 3.70. The molecule has 2 aromatic rings. The van der Waals surface area contributed by atoms with E-state index in [0.717, 1.165) is 5.56 Å². The number of halogens is 2. The Morgan fingerprint density at radius 3 is 2.83 bits per heavy atom. The van der Waals surface area contributed by atoms with Crippen LogP contribution in [0.25, 0.3) is 0 Å². The molecule has 0 fully saturated rings. The van der Waals surface area contributed by atoms with Crippen LogP contribution in [0.5, 0.6) is 0 Å². The van der Waals surface area contributed by atoms with Crippen LogP contribution in [0.3, 0.4) is 0 Å². The van der Waals surface area contributed by atoms with Crippen LogP contribution in [-0.4, -0.2) is 21.1 Å². The maximum Gasteiger partial charge on any atom is 0.289 e. The van der Waals surface area contributed by atoms with Gasteiger partial charge in [0.15, 0.2) is 0 Å². The fourth-order valence-corrected chi connectivity index (χ4v) is 2.08. The highest BCUT2D eigenvalue weighted by molar-refractivity contribution is 6.35. The number of aromatic amines is 1. The lowest BCUT2D eigenvalue weighted by atomic mass is 10.1. The van der Waals surface area contributed by atoms with Crippen molar-refractivity contribution >= 4 is 29.1 Å². The highest BCUT2D eigenvalue weighted by Gasteiger charge is 2.15. The highest BCUT2D eigenvalue weighted by atomic mass is 35.5. The first-order valence-electron chi connectivity index (χ1n) is 5.19. The molecule has 2 N–H and O–H groups in total. The van der Waals surface area contributed by atoms with Crippen molar-refractivity contribution in [2.45, 2.75) is 13.0 Å². The lowest BCUT2D eigenvalue weighted by Gasteiger charge is -2.14. The predicted octanol–water partition coefficient (Wildman–Crippen LogP) is 2.60. The highest BCUT2D eigenvalue weighted by Crippen LogP contribution is 2.26. The third kappa shape index (κ3) is 2.80. The van der Waals surface area contributed by atoms with Crippen molar-refractivity contribution < 1.29 is 4.79 Å². The third-order valence-electron chi connectivity index (χ3n) is 2.41. The molecule has 0 radical (unpaired) electrons. The van der Waals surface area contributed by atoms with Gasteiger partial charge in [0, 0.05) is 10.0 Å². The van der Waals surface area contributed by atoms with Gasteiger partial charge in [-0.2, -0.15) is 5.10 Å². The van der Waals surface area contributed by atoms with Gasteiger partial charge in [-0.25, -0.2) is 4.98 Å². The first-order valence-corrected chi connectivity index (χ1v) is 5.94. The van der Waals surface area contributed by atoms with E-state index in [-0.39, 0.29) is 17.8 Å². The zero-order valence-electron chi connectivity index (χ0n) is 9.45. The van der Waals surface area contributed by atoms with Crippen LogP contribution >= 0.6 is 23.2 Å². The molecule has 1 aromatic carbocycles. The smallest absolute Gasteiger partial charge is 0.289 e. The van der Waals surface area contributed by atoms with Crippen molar-refractivity contribution in [1.29, 1.82) is 0 Å². The second-order valence-corrected chi connectivity index (χ2v) is 4.54. The maximum atomic E-state index is 11.8. The topological polar surface area (TPSA) is 70.7 Å². The Kier molecular flexibility index (Phi) is 3.84. The number of hydrogen-bond acceptors (Lipinski definition) is 3. The van der Waals surface area contributed by atoms with E-state index in [1.54, 1.807) is 18.2 Å². The number of hydrogen-bond donors (Lipinski definition) is 2. The summed E-state index contributed by atoms with van der Waals surface area (Å²) in [6.45, 7) is 1.82. The zero-order valence-corrected chi connectivity index (χ0v) is 11.0. The monoisotopic (exact) mass is 284 g/mol. The van der Waals surface area contributed by atoms with Gasteiger partial charge in [-0.1, -0.05) is 29.3 Å². The molecule has 5 nitrogen and oxygen atoms in total. The quantitative estimate of drug-likeness (QED) is 0.910. The first kappa shape index (κ1) is 12.9. The van der Waals surface area contributed by atoms with Gasteiger partial charge in [0.1, 0.15) is 6.33 Å². The summed E-state index contributed by atoms with van der Waals surface area (Å²) >= 11 is 11.9. The number of carbonyl (C=O) groups excluding carboxylic acids is 1. The lowest BCUT2D eigenvalue weighted by molar-refractivity contribution is 0.0930. The molecule has 1 atom stereocenters. The van der Waals surface area contributed by atoms with E-state index in [1.165, 1.54) is 6.33 Å². The minimum atomic E-state index is -0.342. The molecule has 0 aliphatic rings. The Balaban J connectivity index is 2.12. The molecular weight excluding hydrogens is 275 g/mol. The number of amides is 1. The van der Waals surface area contributed by atoms with Gasteiger partial charge in [-0.05, 0) is 24.6 Å². The number of benzene rings is 1. The molecule has 18 heavy (non-hydrogen) atoms. The summed E-state index contributed by atoms with van der Waals surface area (Å²) in [5.74, 6) is -0.182. The Labute approximate surface area is 114 Å². The minimum Gasteiger partial charge on any atom is -0.343 e. The Morgan fingerprint density at radius 1 is 1.44 bits per heavy atom. The number of nitrogens with one attached hydrogen (secondary N) is 2. The summed E-state index contributed by atoms with van der Waals surface area (Å²) in [5.41, 5.74) is 0.786. The SMILES string of the molecule is CC(NC(=O)c1ncn[nH]1)c1ccc(Cl)cc1Cl. The molecule has 0 aliphatic carbocycles. The largest absolute Gasteiger partial charge is 0.343 e. The van der Waals surface area contributed by atoms with E-state index >= 15 is 0 Å². The van der Waals surface area contributed by atoms with Crippen molar-refractivity contribution in [2.24, 2.45) is 0 Å². The van der Waals surface area contributed by atoms with Crippen LogP contribution in [0.1, 0.15) is 29.1 Å². The Hall–Kier alpha value is -1.59. The molecule has 1 aromatic heterocycles. The van der Waals surface area contributed by atoms with Gasteiger partial charge in [-0.15, -0.1) is 0 Å². The van der Waals surface area contributed by atoms with E-state index in [9.17, 15) is 4.79 Å².